The third-order valence-corrected chi connectivity index (χ3v) is 6.41. The second-order valence-corrected chi connectivity index (χ2v) is 7.69. The molecule has 0 bridgehead atoms. The van der Waals surface area contributed by atoms with Crippen molar-refractivity contribution in [3.05, 3.63) is 33.6 Å². The molecule has 1 aliphatic carbocycles. The van der Waals surface area contributed by atoms with Crippen LogP contribution < -0.4 is 10.1 Å². The first-order valence-corrected chi connectivity index (χ1v) is 9.30. The summed E-state index contributed by atoms with van der Waals surface area (Å²) < 4.78 is 5.34. The van der Waals surface area contributed by atoms with Crippen molar-refractivity contribution in [1.29, 1.82) is 0 Å². The zero-order valence-corrected chi connectivity index (χ0v) is 13.6. The lowest BCUT2D eigenvalue weighted by Gasteiger charge is -2.20. The second-order valence-electron chi connectivity index (χ2n) is 5.43. The molecule has 0 spiro atoms. The highest BCUT2D eigenvalue weighted by Crippen LogP contribution is 2.39. The number of hydrogen-bond donors (Lipinski definition) is 1. The molecule has 110 valence electrons. The number of ether oxygens (including phenoxy) is 1. The topological polar surface area (TPSA) is 34.1 Å². The second kappa shape index (κ2) is 5.63. The van der Waals surface area contributed by atoms with E-state index in [2.05, 4.69) is 17.4 Å². The number of aromatic nitrogens is 1. The van der Waals surface area contributed by atoms with Crippen molar-refractivity contribution in [2.75, 3.05) is 25.2 Å². The Morgan fingerprint density at radius 2 is 2.29 bits per heavy atom. The Kier molecular flexibility index (Phi) is 3.65. The highest BCUT2D eigenvalue weighted by molar-refractivity contribution is 7.99. The Morgan fingerprint density at radius 1 is 1.33 bits per heavy atom. The van der Waals surface area contributed by atoms with Gasteiger partial charge in [0.25, 0.3) is 0 Å². The molecule has 3 nitrogen and oxygen atoms in total. The SMILES string of the molecule is COc1ccc2c(c1)CCc1sc(C3CSCCN3)nc1-2. The zero-order valence-electron chi connectivity index (χ0n) is 12.0. The molecular weight excluding hydrogens is 300 g/mol. The number of nitrogens with zero attached hydrogens (tertiary/aromatic N) is 1. The Bertz CT molecular complexity index is 662. The van der Waals surface area contributed by atoms with Gasteiger partial charge < -0.3 is 10.1 Å². The Morgan fingerprint density at radius 3 is 3.10 bits per heavy atom. The number of aryl methyl sites for hydroxylation is 2. The summed E-state index contributed by atoms with van der Waals surface area (Å²) in [6, 6.07) is 6.80. The average molecular weight is 318 g/mol. The van der Waals surface area contributed by atoms with Gasteiger partial charge in [-0.25, -0.2) is 4.98 Å². The summed E-state index contributed by atoms with van der Waals surface area (Å²) in [5.41, 5.74) is 3.86. The Balaban J connectivity index is 1.71. The summed E-state index contributed by atoms with van der Waals surface area (Å²) >= 11 is 3.92. The number of thiazole rings is 1. The molecule has 1 N–H and O–H groups in total. The maximum Gasteiger partial charge on any atom is 0.119 e. The molecule has 4 rings (SSSR count). The third kappa shape index (κ3) is 2.47. The fourth-order valence-electron chi connectivity index (χ4n) is 3.01. The highest BCUT2D eigenvalue weighted by Gasteiger charge is 2.25. The predicted molar refractivity (Wildman–Crippen MR) is 89.6 cm³/mol. The maximum absolute atomic E-state index is 5.34. The van der Waals surface area contributed by atoms with E-state index in [1.54, 1.807) is 7.11 Å². The van der Waals surface area contributed by atoms with E-state index in [1.165, 1.54) is 32.5 Å². The molecule has 1 aromatic heterocycles. The maximum atomic E-state index is 5.34. The van der Waals surface area contributed by atoms with Gasteiger partial charge in [-0.2, -0.15) is 11.8 Å². The van der Waals surface area contributed by atoms with Gasteiger partial charge in [-0.1, -0.05) is 0 Å². The normalized spacial score (nSPS) is 20.7. The minimum absolute atomic E-state index is 0.432. The van der Waals surface area contributed by atoms with Crippen molar-refractivity contribution in [3.63, 3.8) is 0 Å². The molecule has 1 saturated heterocycles. The largest absolute Gasteiger partial charge is 0.497 e. The molecule has 1 unspecified atom stereocenters. The van der Waals surface area contributed by atoms with E-state index < -0.39 is 0 Å². The molecule has 2 heterocycles. The van der Waals surface area contributed by atoms with E-state index in [0.29, 0.717) is 6.04 Å². The van der Waals surface area contributed by atoms with Crippen molar-refractivity contribution < 1.29 is 4.74 Å². The van der Waals surface area contributed by atoms with Crippen molar-refractivity contribution in [3.8, 4) is 17.0 Å². The quantitative estimate of drug-likeness (QED) is 0.921. The Labute approximate surface area is 133 Å². The lowest BCUT2D eigenvalue weighted by molar-refractivity contribution is 0.414. The number of fused-ring (bicyclic) bond motifs is 3. The monoisotopic (exact) mass is 318 g/mol. The number of thioether (sulfide) groups is 1. The van der Waals surface area contributed by atoms with E-state index in [0.717, 1.165) is 30.9 Å². The Hall–Kier alpha value is -1.04. The van der Waals surface area contributed by atoms with Gasteiger partial charge in [-0.15, -0.1) is 11.3 Å². The minimum atomic E-state index is 0.432. The first-order chi connectivity index (χ1) is 10.3. The molecule has 21 heavy (non-hydrogen) atoms. The van der Waals surface area contributed by atoms with Crippen LogP contribution in [0.25, 0.3) is 11.3 Å². The van der Waals surface area contributed by atoms with Crippen molar-refractivity contribution >= 4 is 23.1 Å². The number of methoxy groups -OCH3 is 1. The summed E-state index contributed by atoms with van der Waals surface area (Å²) in [6.45, 7) is 1.09. The van der Waals surface area contributed by atoms with Crippen LogP contribution in [-0.2, 0) is 12.8 Å². The molecular formula is C16H18N2OS2. The zero-order chi connectivity index (χ0) is 14.2. The van der Waals surface area contributed by atoms with E-state index in [4.69, 9.17) is 9.72 Å². The molecule has 2 aliphatic rings. The highest BCUT2D eigenvalue weighted by atomic mass is 32.2. The van der Waals surface area contributed by atoms with Crippen LogP contribution in [0.3, 0.4) is 0 Å². The van der Waals surface area contributed by atoms with Crippen LogP contribution in [0.15, 0.2) is 18.2 Å². The predicted octanol–water partition coefficient (Wildman–Crippen LogP) is 3.29. The average Bonchev–Trinajstić information content (AvgIpc) is 2.99. The smallest absolute Gasteiger partial charge is 0.119 e. The molecule has 1 fully saturated rings. The summed E-state index contributed by atoms with van der Waals surface area (Å²) in [6.07, 6.45) is 2.20. The summed E-state index contributed by atoms with van der Waals surface area (Å²) in [4.78, 5) is 6.42. The number of hydrogen-bond acceptors (Lipinski definition) is 5. The van der Waals surface area contributed by atoms with Crippen LogP contribution in [-0.4, -0.2) is 30.1 Å². The first-order valence-electron chi connectivity index (χ1n) is 7.33. The van der Waals surface area contributed by atoms with Gasteiger partial charge in [0.1, 0.15) is 10.8 Å². The number of benzene rings is 1. The van der Waals surface area contributed by atoms with Gasteiger partial charge in [0.05, 0.1) is 18.8 Å². The van der Waals surface area contributed by atoms with Gasteiger partial charge in [0, 0.05) is 28.5 Å². The van der Waals surface area contributed by atoms with E-state index in [1.807, 2.05) is 29.2 Å². The lowest BCUT2D eigenvalue weighted by atomic mass is 9.93. The fraction of sp³-hybridized carbons (Fsp3) is 0.438. The molecule has 1 atom stereocenters. The summed E-state index contributed by atoms with van der Waals surface area (Å²) in [5.74, 6) is 3.30. The fourth-order valence-corrected chi connectivity index (χ4v) is 5.21. The van der Waals surface area contributed by atoms with Crippen LogP contribution in [0.5, 0.6) is 5.75 Å². The molecule has 5 heteroatoms. The van der Waals surface area contributed by atoms with E-state index in [-0.39, 0.29) is 0 Å². The molecule has 1 aliphatic heterocycles. The number of rotatable bonds is 2. The van der Waals surface area contributed by atoms with Crippen LogP contribution in [0.2, 0.25) is 0 Å². The van der Waals surface area contributed by atoms with Crippen molar-refractivity contribution in [2.24, 2.45) is 0 Å². The molecule has 0 radical (unpaired) electrons. The van der Waals surface area contributed by atoms with Gasteiger partial charge in [0.15, 0.2) is 0 Å². The standard InChI is InChI=1S/C16H18N2OS2/c1-19-11-3-4-12-10(8-11)2-5-14-15(12)18-16(21-14)13-9-20-7-6-17-13/h3-4,8,13,17H,2,5-7,9H2,1H3. The van der Waals surface area contributed by atoms with Gasteiger partial charge in [-0.3, -0.25) is 0 Å². The van der Waals surface area contributed by atoms with Crippen LogP contribution >= 0.6 is 23.1 Å². The molecule has 0 saturated carbocycles. The van der Waals surface area contributed by atoms with E-state index in [9.17, 15) is 0 Å². The van der Waals surface area contributed by atoms with Gasteiger partial charge in [-0.05, 0) is 36.6 Å². The lowest BCUT2D eigenvalue weighted by Crippen LogP contribution is -2.30. The molecule has 0 amide bonds. The molecule has 1 aromatic carbocycles. The van der Waals surface area contributed by atoms with Crippen molar-refractivity contribution in [1.82, 2.24) is 10.3 Å². The first kappa shape index (κ1) is 13.6. The van der Waals surface area contributed by atoms with Crippen LogP contribution in [0.1, 0.15) is 21.5 Å². The number of nitrogens with one attached hydrogen (secondary N) is 1. The van der Waals surface area contributed by atoms with Gasteiger partial charge in [0.2, 0.25) is 0 Å². The van der Waals surface area contributed by atoms with Crippen molar-refractivity contribution in [2.45, 2.75) is 18.9 Å². The van der Waals surface area contributed by atoms with Gasteiger partial charge >= 0.3 is 0 Å². The van der Waals surface area contributed by atoms with Crippen LogP contribution in [0, 0.1) is 0 Å². The van der Waals surface area contributed by atoms with Crippen LogP contribution in [0.4, 0.5) is 0 Å². The molecule has 2 aromatic rings. The third-order valence-electron chi connectivity index (χ3n) is 4.12. The minimum Gasteiger partial charge on any atom is -0.497 e. The van der Waals surface area contributed by atoms with E-state index >= 15 is 0 Å². The summed E-state index contributed by atoms with van der Waals surface area (Å²) in [7, 11) is 1.73. The summed E-state index contributed by atoms with van der Waals surface area (Å²) in [5, 5.41) is 4.85.